The first-order chi connectivity index (χ1) is 10.5. The number of hydrogen-bond donors (Lipinski definition) is 4. The van der Waals surface area contributed by atoms with Crippen LogP contribution < -0.4 is 16.2 Å². The quantitative estimate of drug-likeness (QED) is 0.413. The average Bonchev–Trinajstić information content (AvgIpc) is 2.74. The lowest BCUT2D eigenvalue weighted by molar-refractivity contribution is -0.128. The Morgan fingerprint density at radius 1 is 1.64 bits per heavy atom. The van der Waals surface area contributed by atoms with Crippen LogP contribution in [0.2, 0.25) is 0 Å². The Morgan fingerprint density at radius 2 is 2.36 bits per heavy atom. The molecule has 10 nitrogen and oxygen atoms in total. The second-order valence-corrected chi connectivity index (χ2v) is 4.82. The van der Waals surface area contributed by atoms with Gasteiger partial charge in [-0.3, -0.25) is 14.3 Å². The van der Waals surface area contributed by atoms with Crippen molar-refractivity contribution in [3.63, 3.8) is 0 Å². The Labute approximate surface area is 127 Å². The van der Waals surface area contributed by atoms with Crippen molar-refractivity contribution in [3.8, 4) is 0 Å². The van der Waals surface area contributed by atoms with Crippen molar-refractivity contribution < 1.29 is 14.9 Å². The predicted molar refractivity (Wildman–Crippen MR) is 73.0 cm³/mol. The van der Waals surface area contributed by atoms with Gasteiger partial charge in [0.05, 0.1) is 5.92 Å². The van der Waals surface area contributed by atoms with Crippen LogP contribution in [0.1, 0.15) is 6.23 Å². The fraction of sp³-hybridized carbons (Fsp3) is 0.455. The molecule has 2 rings (SSSR count). The number of H-pyrrole nitrogens is 1. The molecule has 1 fully saturated rings. The van der Waals surface area contributed by atoms with Gasteiger partial charge in [-0.1, -0.05) is 17.7 Å². The Morgan fingerprint density at radius 3 is 2.91 bits per heavy atom. The number of aliphatic hydroxyl groups excluding tert-OH is 2. The zero-order valence-corrected chi connectivity index (χ0v) is 11.8. The number of nitrogens with one attached hydrogen (secondary N) is 2. The molecule has 4 atom stereocenters. The molecule has 0 saturated carbocycles. The summed E-state index contributed by atoms with van der Waals surface area (Å²) in [6.07, 6.45) is 0.0157. The molecule has 4 N–H and O–H groups in total. The van der Waals surface area contributed by atoms with Crippen LogP contribution in [0.5, 0.6) is 0 Å². The number of hydrogen-bond acceptors (Lipinski definition) is 7. The Bertz CT molecular complexity index is 739. The molecule has 1 aliphatic rings. The van der Waals surface area contributed by atoms with E-state index < -0.39 is 41.8 Å². The van der Waals surface area contributed by atoms with Gasteiger partial charge in [0.25, 0.3) is 11.3 Å². The smallest absolute Gasteiger partial charge is 0.330 e. The van der Waals surface area contributed by atoms with E-state index >= 15 is 0 Å². The van der Waals surface area contributed by atoms with Crippen molar-refractivity contribution in [1.29, 1.82) is 5.53 Å². The second-order valence-electron chi connectivity index (χ2n) is 4.57. The fourth-order valence-electron chi connectivity index (χ4n) is 2.30. The van der Waals surface area contributed by atoms with E-state index in [0.29, 0.717) is 0 Å². The van der Waals surface area contributed by atoms with Gasteiger partial charge in [-0.15, -0.1) is 0 Å². The summed E-state index contributed by atoms with van der Waals surface area (Å²) >= 11 is 5.53. The molecule has 0 radical (unpaired) electrons. The summed E-state index contributed by atoms with van der Waals surface area (Å²) in [7, 11) is 0. The third-order valence-corrected chi connectivity index (χ3v) is 3.49. The molecule has 2 heterocycles. The lowest BCUT2D eigenvalue weighted by Gasteiger charge is -2.18. The molecule has 1 aromatic heterocycles. The summed E-state index contributed by atoms with van der Waals surface area (Å²) < 4.78 is 6.49. The van der Waals surface area contributed by atoms with Crippen LogP contribution >= 0.6 is 11.6 Å². The third-order valence-electron chi connectivity index (χ3n) is 3.35. The molecule has 0 spiro atoms. The van der Waals surface area contributed by atoms with Gasteiger partial charge in [0.2, 0.25) is 4.91 Å². The first-order valence-electron chi connectivity index (χ1n) is 6.13. The summed E-state index contributed by atoms with van der Waals surface area (Å²) in [6.45, 7) is -0.766. The summed E-state index contributed by atoms with van der Waals surface area (Å²) in [5.74, 6) is -0.862. The summed E-state index contributed by atoms with van der Waals surface area (Å²) in [6, 6.07) is 1.10. The molecule has 1 aromatic rings. The Hall–Kier alpha value is -2.10. The number of aliphatic hydroxyl groups is 2. The van der Waals surface area contributed by atoms with Crippen LogP contribution in [-0.2, 0) is 4.74 Å². The van der Waals surface area contributed by atoms with E-state index in [-0.39, 0.29) is 0 Å². The minimum absolute atomic E-state index is 0.594. The number of nitrogens with zero attached hydrogens (tertiary/aromatic N) is 3. The molecule has 0 aliphatic carbocycles. The third kappa shape index (κ3) is 2.65. The molecule has 11 heteroatoms. The first kappa shape index (κ1) is 16.3. The van der Waals surface area contributed by atoms with Crippen LogP contribution in [0.4, 0.5) is 0 Å². The van der Waals surface area contributed by atoms with Gasteiger partial charge < -0.3 is 14.9 Å². The topological polar surface area (TPSA) is 155 Å². The van der Waals surface area contributed by atoms with Gasteiger partial charge in [-0.2, -0.15) is 0 Å². The standard InChI is InChI=1S/C11H12ClN5O5/c12-3-1-6-8(20)11(5-18,15-16-13)22-9(6)17-4-2-7(19)14-10(17)21/h1-4,6,8-9,13,18,20H,5H2/p+1/t6-,8-,9+,11+/m0/s1. The summed E-state index contributed by atoms with van der Waals surface area (Å²) in [5.41, 5.74) is 4.65. The van der Waals surface area contributed by atoms with Gasteiger partial charge in [0.15, 0.2) is 11.3 Å². The SMILES string of the molecule is N=[N+]=N[C@]1(CO)O[C@@H](n2ccc(=O)[nH]c2=O)[C@@H](C=CCl)[C@@H]1O. The molecule has 1 saturated heterocycles. The van der Waals surface area contributed by atoms with Gasteiger partial charge in [-0.05, 0) is 0 Å². The van der Waals surface area contributed by atoms with Crippen molar-refractivity contribution in [2.75, 3.05) is 6.61 Å². The second kappa shape index (κ2) is 6.34. The van der Waals surface area contributed by atoms with Gasteiger partial charge in [0.1, 0.15) is 18.2 Å². The summed E-state index contributed by atoms with van der Waals surface area (Å²) in [4.78, 5) is 27.8. The van der Waals surface area contributed by atoms with E-state index in [9.17, 15) is 19.8 Å². The number of aromatic amines is 1. The van der Waals surface area contributed by atoms with E-state index in [0.717, 1.165) is 16.2 Å². The largest absolute Gasteiger partial charge is 0.391 e. The van der Waals surface area contributed by atoms with Crippen molar-refractivity contribution in [1.82, 2.24) is 14.5 Å². The molecule has 118 valence electrons. The number of aromatic nitrogens is 2. The lowest BCUT2D eigenvalue weighted by Crippen LogP contribution is -2.43. The van der Waals surface area contributed by atoms with Crippen LogP contribution in [0.15, 0.2) is 38.6 Å². The van der Waals surface area contributed by atoms with Crippen LogP contribution in [0.25, 0.3) is 0 Å². The highest BCUT2D eigenvalue weighted by Gasteiger charge is 2.58. The van der Waals surface area contributed by atoms with E-state index in [4.69, 9.17) is 21.9 Å². The maximum absolute atomic E-state index is 11.9. The number of rotatable bonds is 4. The lowest BCUT2D eigenvalue weighted by atomic mass is 9.96. The minimum atomic E-state index is -1.90. The molecular weight excluding hydrogens is 318 g/mol. The summed E-state index contributed by atoms with van der Waals surface area (Å²) in [5, 5.41) is 23.2. The number of halogens is 1. The molecule has 22 heavy (non-hydrogen) atoms. The van der Waals surface area contributed by atoms with Crippen LogP contribution in [0.3, 0.4) is 0 Å². The maximum Gasteiger partial charge on any atom is 0.330 e. The van der Waals surface area contributed by atoms with Crippen molar-refractivity contribution >= 4 is 11.6 Å². The normalized spacial score (nSPS) is 31.3. The molecule has 0 unspecified atom stereocenters. The molecular formula is C11H13ClN5O5+. The highest BCUT2D eigenvalue weighted by molar-refractivity contribution is 6.25. The van der Waals surface area contributed by atoms with E-state index in [2.05, 4.69) is 15.0 Å². The highest BCUT2D eigenvalue weighted by atomic mass is 35.5. The molecule has 0 bridgehead atoms. The monoisotopic (exact) mass is 330 g/mol. The Balaban J connectivity index is 2.56. The highest BCUT2D eigenvalue weighted by Crippen LogP contribution is 2.42. The Kier molecular flexibility index (Phi) is 4.69. The molecule has 0 aromatic carbocycles. The maximum atomic E-state index is 11.9. The van der Waals surface area contributed by atoms with Crippen molar-refractivity contribution in [2.45, 2.75) is 18.1 Å². The van der Waals surface area contributed by atoms with Crippen molar-refractivity contribution in [2.24, 2.45) is 11.0 Å². The minimum Gasteiger partial charge on any atom is -0.391 e. The first-order valence-corrected chi connectivity index (χ1v) is 6.56. The molecule has 0 amide bonds. The fourth-order valence-corrected chi connectivity index (χ4v) is 2.47. The van der Waals surface area contributed by atoms with Gasteiger partial charge >= 0.3 is 5.69 Å². The zero-order valence-electron chi connectivity index (χ0n) is 11.1. The van der Waals surface area contributed by atoms with Crippen molar-refractivity contribution in [3.05, 3.63) is 44.7 Å². The predicted octanol–water partition coefficient (Wildman–Crippen LogP) is -0.966. The van der Waals surface area contributed by atoms with Gasteiger partial charge in [0, 0.05) is 17.8 Å². The van der Waals surface area contributed by atoms with Crippen LogP contribution in [0, 0.1) is 11.4 Å². The van der Waals surface area contributed by atoms with E-state index in [1.54, 1.807) is 0 Å². The molecule has 1 aliphatic heterocycles. The number of ether oxygens (including phenoxy) is 1. The van der Waals surface area contributed by atoms with Gasteiger partial charge in [-0.25, -0.2) is 4.79 Å². The average molecular weight is 331 g/mol. The zero-order chi connectivity index (χ0) is 16.3. The van der Waals surface area contributed by atoms with E-state index in [1.807, 2.05) is 0 Å². The van der Waals surface area contributed by atoms with E-state index in [1.165, 1.54) is 12.3 Å². The van der Waals surface area contributed by atoms with Crippen LogP contribution in [-0.4, -0.2) is 38.2 Å².